The Labute approximate surface area is 305 Å². The van der Waals surface area contributed by atoms with E-state index < -0.39 is 18.0 Å². The number of aliphatic hydroxyl groups excluding tert-OH is 1. The number of aliphatic hydroxyl groups is 1. The number of para-hydroxylation sites is 1. The lowest BCUT2D eigenvalue weighted by molar-refractivity contribution is 0.0271. The second-order valence-electron chi connectivity index (χ2n) is 12.4. The Morgan fingerprint density at radius 1 is 0.849 bits per heavy atom. The minimum absolute atomic E-state index is 0.171. The van der Waals surface area contributed by atoms with Gasteiger partial charge in [-0.3, -0.25) is 19.5 Å². The van der Waals surface area contributed by atoms with Crippen LogP contribution in [-0.2, 0) is 13.0 Å². The number of fused-ring (bicyclic) bond motifs is 4. The molecule has 0 fully saturated rings. The third-order valence-corrected chi connectivity index (χ3v) is 9.25. The Morgan fingerprint density at radius 3 is 2.30 bits per heavy atom. The standard InChI is InChI=1S/C41H38N4O8/c1-49-34-18-29-28-15-16-45(23-38(28)53-33(29)21-37(34)52-4)39(46)14-11-24-9-12-27(13-10-24)43-41(48)30-19-35(50-2)36(51-3)20-32(30)44-40(47)26-17-25-7-5-6-8-31(25)42-22-26/h5-14,17-22,39,46H,15-16,23H2,1-4H3,(H,43,48)(H,44,47)/b14-11+. The minimum atomic E-state index is -0.844. The number of rotatable bonds is 11. The molecule has 0 spiro atoms. The number of carbonyl (C=O) groups excluding carboxylic acids is 2. The quantitative estimate of drug-likeness (QED) is 0.130. The topological polar surface area (TPSA) is 145 Å². The molecule has 1 aliphatic rings. The number of benzene rings is 4. The summed E-state index contributed by atoms with van der Waals surface area (Å²) < 4.78 is 27.9. The van der Waals surface area contributed by atoms with Crippen molar-refractivity contribution in [1.29, 1.82) is 0 Å². The predicted molar refractivity (Wildman–Crippen MR) is 202 cm³/mol. The number of nitrogens with one attached hydrogen (secondary N) is 2. The Bertz CT molecular complexity index is 2350. The van der Waals surface area contributed by atoms with Crippen molar-refractivity contribution >= 4 is 51.1 Å². The van der Waals surface area contributed by atoms with Crippen LogP contribution in [-0.4, -0.2) is 68.0 Å². The first kappa shape index (κ1) is 35.1. The maximum absolute atomic E-state index is 13.6. The molecule has 0 bridgehead atoms. The maximum Gasteiger partial charge on any atom is 0.257 e. The lowest BCUT2D eigenvalue weighted by Gasteiger charge is -2.28. The number of hydrogen-bond donors (Lipinski definition) is 3. The second-order valence-corrected chi connectivity index (χ2v) is 12.4. The number of anilines is 2. The van der Waals surface area contributed by atoms with Crippen molar-refractivity contribution in [3.05, 3.63) is 119 Å². The summed E-state index contributed by atoms with van der Waals surface area (Å²) in [4.78, 5) is 33.3. The van der Waals surface area contributed by atoms with Crippen molar-refractivity contribution in [2.45, 2.75) is 19.2 Å². The highest BCUT2D eigenvalue weighted by atomic mass is 16.5. The van der Waals surface area contributed by atoms with Gasteiger partial charge in [0.25, 0.3) is 11.8 Å². The number of pyridine rings is 1. The number of ether oxygens (including phenoxy) is 4. The van der Waals surface area contributed by atoms with Crippen LogP contribution in [0.4, 0.5) is 11.4 Å². The zero-order chi connectivity index (χ0) is 37.1. The van der Waals surface area contributed by atoms with E-state index >= 15 is 0 Å². The van der Waals surface area contributed by atoms with Gasteiger partial charge in [-0.1, -0.05) is 36.4 Å². The molecule has 0 radical (unpaired) electrons. The fourth-order valence-electron chi connectivity index (χ4n) is 6.43. The van der Waals surface area contributed by atoms with Crippen LogP contribution in [0.2, 0.25) is 0 Å². The molecule has 3 N–H and O–H groups in total. The second kappa shape index (κ2) is 15.1. The van der Waals surface area contributed by atoms with Gasteiger partial charge in [-0.15, -0.1) is 0 Å². The van der Waals surface area contributed by atoms with Gasteiger partial charge in [-0.2, -0.15) is 0 Å². The fraction of sp³-hybridized carbons (Fsp3) is 0.195. The van der Waals surface area contributed by atoms with Gasteiger partial charge < -0.3 is 39.1 Å². The predicted octanol–water partition coefficient (Wildman–Crippen LogP) is 6.91. The number of furan rings is 1. The molecule has 12 nitrogen and oxygen atoms in total. The van der Waals surface area contributed by atoms with Crippen molar-refractivity contribution in [3.8, 4) is 23.0 Å². The molecule has 1 unspecified atom stereocenters. The van der Waals surface area contributed by atoms with Crippen LogP contribution in [0.1, 0.15) is 37.6 Å². The van der Waals surface area contributed by atoms with Crippen LogP contribution in [0.3, 0.4) is 0 Å². The van der Waals surface area contributed by atoms with Gasteiger partial charge in [-0.25, -0.2) is 0 Å². The lowest BCUT2D eigenvalue weighted by Crippen LogP contribution is -2.37. The van der Waals surface area contributed by atoms with Crippen LogP contribution in [0.25, 0.3) is 27.9 Å². The molecule has 0 saturated carbocycles. The van der Waals surface area contributed by atoms with Crippen LogP contribution in [0.5, 0.6) is 23.0 Å². The number of nitrogens with zero attached hydrogens (tertiary/aromatic N) is 2. The molecule has 4 aromatic carbocycles. The summed E-state index contributed by atoms with van der Waals surface area (Å²) in [5, 5.41) is 18.6. The first-order valence-corrected chi connectivity index (χ1v) is 16.9. The number of amides is 2. The van der Waals surface area contributed by atoms with E-state index in [9.17, 15) is 14.7 Å². The molecule has 12 heteroatoms. The van der Waals surface area contributed by atoms with Crippen LogP contribution < -0.4 is 29.6 Å². The van der Waals surface area contributed by atoms with E-state index in [2.05, 4.69) is 15.6 Å². The summed E-state index contributed by atoms with van der Waals surface area (Å²) in [6, 6.07) is 23.2. The Balaban J connectivity index is 1.03. The number of methoxy groups -OCH3 is 4. The monoisotopic (exact) mass is 714 g/mol. The number of hydrogen-bond acceptors (Lipinski definition) is 10. The molecule has 53 heavy (non-hydrogen) atoms. The molecule has 2 aromatic heterocycles. The Kier molecular flexibility index (Phi) is 9.97. The molecular formula is C41H38N4O8. The van der Waals surface area contributed by atoms with Crippen LogP contribution >= 0.6 is 0 Å². The molecule has 0 saturated heterocycles. The SMILES string of the molecule is COc1cc(NC(=O)c2cnc3ccccc3c2)c(C(=O)Nc2ccc(/C=C/C(O)N3CCc4c(oc5cc(OC)c(OC)cc45)C3)cc2)cc1OC. The first-order valence-electron chi connectivity index (χ1n) is 16.9. The lowest BCUT2D eigenvalue weighted by atomic mass is 10.0. The van der Waals surface area contributed by atoms with Gasteiger partial charge in [-0.05, 0) is 54.5 Å². The summed E-state index contributed by atoms with van der Waals surface area (Å²) >= 11 is 0. The van der Waals surface area contributed by atoms with Crippen LogP contribution in [0, 0.1) is 0 Å². The maximum atomic E-state index is 13.6. The summed E-state index contributed by atoms with van der Waals surface area (Å²) in [6.07, 6.45) is 4.90. The highest BCUT2D eigenvalue weighted by molar-refractivity contribution is 6.13. The molecule has 6 aromatic rings. The van der Waals surface area contributed by atoms with E-state index in [1.165, 1.54) is 26.5 Å². The van der Waals surface area contributed by atoms with Crippen molar-refractivity contribution in [1.82, 2.24) is 9.88 Å². The van der Waals surface area contributed by atoms with Gasteiger partial charge in [0, 0.05) is 46.9 Å². The summed E-state index contributed by atoms with van der Waals surface area (Å²) in [7, 11) is 6.14. The van der Waals surface area contributed by atoms with E-state index in [-0.39, 0.29) is 11.3 Å². The number of aromatic nitrogens is 1. The zero-order valence-electron chi connectivity index (χ0n) is 29.6. The zero-order valence-corrected chi connectivity index (χ0v) is 29.6. The highest BCUT2D eigenvalue weighted by Crippen LogP contribution is 2.39. The van der Waals surface area contributed by atoms with Crippen molar-refractivity contribution in [2.24, 2.45) is 0 Å². The molecule has 270 valence electrons. The third kappa shape index (κ3) is 7.23. The van der Waals surface area contributed by atoms with E-state index in [4.69, 9.17) is 23.4 Å². The molecule has 0 aliphatic carbocycles. The summed E-state index contributed by atoms with van der Waals surface area (Å²) in [5.41, 5.74) is 4.68. The first-order chi connectivity index (χ1) is 25.8. The van der Waals surface area contributed by atoms with E-state index in [1.807, 2.05) is 59.5 Å². The average Bonchev–Trinajstić information content (AvgIpc) is 3.55. The number of carbonyl (C=O) groups is 2. The van der Waals surface area contributed by atoms with Crippen molar-refractivity contribution < 1.29 is 38.1 Å². The van der Waals surface area contributed by atoms with Crippen molar-refractivity contribution in [2.75, 3.05) is 45.6 Å². The third-order valence-electron chi connectivity index (χ3n) is 9.25. The fourth-order valence-corrected chi connectivity index (χ4v) is 6.43. The average molecular weight is 715 g/mol. The van der Waals surface area contributed by atoms with Gasteiger partial charge >= 0.3 is 0 Å². The molecule has 2 amide bonds. The van der Waals surface area contributed by atoms with Gasteiger partial charge in [0.05, 0.1) is 57.3 Å². The summed E-state index contributed by atoms with van der Waals surface area (Å²) in [6.45, 7) is 1.09. The Morgan fingerprint density at radius 2 is 1.55 bits per heavy atom. The molecule has 1 atom stereocenters. The minimum Gasteiger partial charge on any atom is -0.493 e. The molecule has 7 rings (SSSR count). The smallest absolute Gasteiger partial charge is 0.257 e. The molecular weight excluding hydrogens is 676 g/mol. The largest absolute Gasteiger partial charge is 0.493 e. The van der Waals surface area contributed by atoms with Gasteiger partial charge in [0.2, 0.25) is 0 Å². The van der Waals surface area contributed by atoms with Gasteiger partial charge in [0.1, 0.15) is 17.6 Å². The van der Waals surface area contributed by atoms with Crippen LogP contribution in [0.15, 0.2) is 95.6 Å². The van der Waals surface area contributed by atoms with E-state index in [0.717, 1.165) is 38.8 Å². The van der Waals surface area contributed by atoms with E-state index in [1.54, 1.807) is 44.6 Å². The molecule has 3 heterocycles. The Hall–Kier alpha value is -6.37. The summed E-state index contributed by atoms with van der Waals surface area (Å²) in [5.74, 6) is 1.81. The van der Waals surface area contributed by atoms with Gasteiger partial charge in [0.15, 0.2) is 23.0 Å². The van der Waals surface area contributed by atoms with Crippen molar-refractivity contribution in [3.63, 3.8) is 0 Å². The molecule has 1 aliphatic heterocycles. The highest BCUT2D eigenvalue weighted by Gasteiger charge is 2.27. The van der Waals surface area contributed by atoms with E-state index in [0.29, 0.717) is 53.8 Å². The normalized spacial score (nSPS) is 13.5.